The van der Waals surface area contributed by atoms with Gasteiger partial charge >= 0.3 is 0 Å². The Morgan fingerprint density at radius 2 is 1.50 bits per heavy atom. The molecular formula is C25H26N2O3. The number of carbonyl (C=O) groups excluding carboxylic acids is 2. The van der Waals surface area contributed by atoms with Crippen LogP contribution in [0.4, 0.5) is 5.69 Å². The smallest absolute Gasteiger partial charge is 0.243 e. The quantitative estimate of drug-likeness (QED) is 0.477. The van der Waals surface area contributed by atoms with Gasteiger partial charge in [-0.1, -0.05) is 54.6 Å². The molecule has 0 fully saturated rings. The molecule has 30 heavy (non-hydrogen) atoms. The molecule has 0 aliphatic rings. The molecule has 0 saturated carbocycles. The van der Waals surface area contributed by atoms with Gasteiger partial charge in [-0.05, 0) is 54.4 Å². The zero-order chi connectivity index (χ0) is 21.3. The molecule has 0 radical (unpaired) electrons. The Morgan fingerprint density at radius 1 is 0.867 bits per heavy atom. The topological polar surface area (TPSA) is 78.4 Å². The molecule has 0 saturated heterocycles. The second-order valence-corrected chi connectivity index (χ2v) is 7.08. The van der Waals surface area contributed by atoms with E-state index in [1.807, 2.05) is 18.2 Å². The van der Waals surface area contributed by atoms with Gasteiger partial charge in [0.05, 0.1) is 6.61 Å². The molecule has 154 valence electrons. The summed E-state index contributed by atoms with van der Waals surface area (Å²) in [6, 6.07) is 24.6. The van der Waals surface area contributed by atoms with Crippen molar-refractivity contribution in [3.05, 3.63) is 90.0 Å². The van der Waals surface area contributed by atoms with Crippen LogP contribution in [0.1, 0.15) is 22.3 Å². The van der Waals surface area contributed by atoms with Crippen LogP contribution in [0.15, 0.2) is 78.9 Å². The van der Waals surface area contributed by atoms with Gasteiger partial charge in [0.2, 0.25) is 5.91 Å². The molecule has 0 spiro atoms. The summed E-state index contributed by atoms with van der Waals surface area (Å²) in [6.07, 6.45) is 1.09. The van der Waals surface area contributed by atoms with E-state index >= 15 is 0 Å². The first kappa shape index (κ1) is 21.4. The minimum Gasteiger partial charge on any atom is -0.394 e. The zero-order valence-electron chi connectivity index (χ0n) is 17.0. The van der Waals surface area contributed by atoms with Crippen molar-refractivity contribution in [2.45, 2.75) is 18.9 Å². The third-order valence-corrected chi connectivity index (χ3v) is 5.02. The maximum atomic E-state index is 12.5. The van der Waals surface area contributed by atoms with Gasteiger partial charge in [-0.3, -0.25) is 9.59 Å². The van der Waals surface area contributed by atoms with Crippen LogP contribution in [-0.4, -0.2) is 36.5 Å². The fourth-order valence-corrected chi connectivity index (χ4v) is 3.17. The van der Waals surface area contributed by atoms with E-state index in [9.17, 15) is 9.59 Å². The summed E-state index contributed by atoms with van der Waals surface area (Å²) in [4.78, 5) is 24.5. The minimum atomic E-state index is -0.667. The summed E-state index contributed by atoms with van der Waals surface area (Å²) >= 11 is 0. The number of hydrogen-bond donors (Lipinski definition) is 3. The highest BCUT2D eigenvalue weighted by Gasteiger charge is 2.15. The summed E-state index contributed by atoms with van der Waals surface area (Å²) < 4.78 is 0. The molecule has 1 unspecified atom stereocenters. The number of aryl methyl sites for hydroxylation is 1. The number of hydrogen-bond acceptors (Lipinski definition) is 4. The van der Waals surface area contributed by atoms with Crippen LogP contribution in [0, 0.1) is 0 Å². The van der Waals surface area contributed by atoms with Gasteiger partial charge in [-0.15, -0.1) is 0 Å². The number of ketones is 1. The first-order chi connectivity index (χ1) is 14.6. The van der Waals surface area contributed by atoms with Crippen molar-refractivity contribution in [1.82, 2.24) is 5.32 Å². The predicted molar refractivity (Wildman–Crippen MR) is 120 cm³/mol. The second kappa shape index (κ2) is 10.5. The number of aliphatic hydroxyl groups is 1. The Labute approximate surface area is 176 Å². The van der Waals surface area contributed by atoms with Crippen molar-refractivity contribution in [2.75, 3.05) is 19.0 Å². The molecule has 3 aromatic carbocycles. The molecule has 3 rings (SSSR count). The van der Waals surface area contributed by atoms with Gasteiger partial charge in [0, 0.05) is 17.7 Å². The molecule has 0 aliphatic heterocycles. The van der Waals surface area contributed by atoms with Crippen LogP contribution in [0.25, 0.3) is 11.1 Å². The van der Waals surface area contributed by atoms with Crippen LogP contribution in [0.2, 0.25) is 0 Å². The Balaban J connectivity index is 1.54. The van der Waals surface area contributed by atoms with Gasteiger partial charge in [-0.2, -0.15) is 0 Å². The molecule has 5 heteroatoms. The summed E-state index contributed by atoms with van der Waals surface area (Å²) in [5.74, 6) is -0.263. The van der Waals surface area contributed by atoms with Gasteiger partial charge in [0.25, 0.3) is 0 Å². The number of aliphatic hydroxyl groups excluding tert-OH is 1. The number of amides is 1. The molecule has 0 heterocycles. The lowest BCUT2D eigenvalue weighted by atomic mass is 9.99. The fraction of sp³-hybridized carbons (Fsp3) is 0.200. The minimum absolute atomic E-state index is 0.0588. The Morgan fingerprint density at radius 3 is 2.10 bits per heavy atom. The number of nitrogens with one attached hydrogen (secondary N) is 2. The highest BCUT2D eigenvalue weighted by Crippen LogP contribution is 2.20. The van der Waals surface area contributed by atoms with Crippen LogP contribution >= 0.6 is 0 Å². The molecule has 0 aromatic heterocycles. The van der Waals surface area contributed by atoms with E-state index in [0.29, 0.717) is 24.1 Å². The predicted octanol–water partition coefficient (Wildman–Crippen LogP) is 3.69. The SMILES string of the molecule is CNC(CO)C(=O)Nc1ccc(C(=O)CCc2ccc(-c3ccccc3)cc2)cc1. The van der Waals surface area contributed by atoms with Gasteiger partial charge in [0.1, 0.15) is 6.04 Å². The average Bonchev–Trinajstić information content (AvgIpc) is 2.80. The number of Topliss-reactive ketones (excluding diaryl/α,β-unsaturated/α-hetero) is 1. The largest absolute Gasteiger partial charge is 0.394 e. The number of carbonyl (C=O) groups is 2. The van der Waals surface area contributed by atoms with E-state index in [-0.39, 0.29) is 18.3 Å². The Bertz CT molecular complexity index is 964. The molecule has 0 bridgehead atoms. The van der Waals surface area contributed by atoms with Crippen molar-refractivity contribution < 1.29 is 14.7 Å². The normalized spacial score (nSPS) is 11.7. The molecule has 1 atom stereocenters. The van der Waals surface area contributed by atoms with Crippen LogP contribution in [0.5, 0.6) is 0 Å². The third kappa shape index (κ3) is 5.63. The maximum absolute atomic E-state index is 12.5. The number of likely N-dealkylation sites (N-methyl/N-ethyl adjacent to an activating group) is 1. The summed E-state index contributed by atoms with van der Waals surface area (Å²) in [6.45, 7) is -0.286. The van der Waals surface area contributed by atoms with Crippen molar-refractivity contribution in [3.8, 4) is 11.1 Å². The van der Waals surface area contributed by atoms with Crippen LogP contribution in [0.3, 0.4) is 0 Å². The second-order valence-electron chi connectivity index (χ2n) is 7.08. The van der Waals surface area contributed by atoms with E-state index < -0.39 is 6.04 Å². The number of benzene rings is 3. The fourth-order valence-electron chi connectivity index (χ4n) is 3.17. The lowest BCUT2D eigenvalue weighted by molar-refractivity contribution is -0.118. The molecule has 1 amide bonds. The molecule has 5 nitrogen and oxygen atoms in total. The maximum Gasteiger partial charge on any atom is 0.243 e. The molecule has 3 N–H and O–H groups in total. The molecule has 3 aromatic rings. The third-order valence-electron chi connectivity index (χ3n) is 5.02. The summed E-state index contributed by atoms with van der Waals surface area (Å²) in [5.41, 5.74) is 4.65. The van der Waals surface area contributed by atoms with E-state index in [2.05, 4.69) is 47.0 Å². The Hall–Kier alpha value is -3.28. The lowest BCUT2D eigenvalue weighted by Crippen LogP contribution is -2.41. The molecule has 0 aliphatic carbocycles. The van der Waals surface area contributed by atoms with Crippen LogP contribution < -0.4 is 10.6 Å². The van der Waals surface area contributed by atoms with E-state index in [1.54, 1.807) is 31.3 Å². The standard InChI is InChI=1S/C25H26N2O3/c1-26-23(17-28)25(30)27-22-14-12-21(13-15-22)24(29)16-9-18-7-10-20(11-8-18)19-5-3-2-4-6-19/h2-8,10-15,23,26,28H,9,16-17H2,1H3,(H,27,30). The van der Waals surface area contributed by atoms with Crippen molar-refractivity contribution in [2.24, 2.45) is 0 Å². The van der Waals surface area contributed by atoms with Gasteiger partial charge in [-0.25, -0.2) is 0 Å². The number of anilines is 1. The highest BCUT2D eigenvalue weighted by molar-refractivity contribution is 5.98. The monoisotopic (exact) mass is 402 g/mol. The average molecular weight is 402 g/mol. The highest BCUT2D eigenvalue weighted by atomic mass is 16.3. The Kier molecular flexibility index (Phi) is 7.49. The van der Waals surface area contributed by atoms with Crippen molar-refractivity contribution >= 4 is 17.4 Å². The number of rotatable bonds is 9. The molecular weight excluding hydrogens is 376 g/mol. The van der Waals surface area contributed by atoms with E-state index in [1.165, 1.54) is 5.56 Å². The van der Waals surface area contributed by atoms with Gasteiger partial charge in [0.15, 0.2) is 5.78 Å². The van der Waals surface area contributed by atoms with Gasteiger partial charge < -0.3 is 15.7 Å². The lowest BCUT2D eigenvalue weighted by Gasteiger charge is -2.13. The van der Waals surface area contributed by atoms with Crippen LogP contribution in [-0.2, 0) is 11.2 Å². The van der Waals surface area contributed by atoms with E-state index in [4.69, 9.17) is 5.11 Å². The van der Waals surface area contributed by atoms with Crippen molar-refractivity contribution in [3.63, 3.8) is 0 Å². The summed E-state index contributed by atoms with van der Waals surface area (Å²) in [7, 11) is 1.61. The van der Waals surface area contributed by atoms with Crippen molar-refractivity contribution in [1.29, 1.82) is 0 Å². The summed E-state index contributed by atoms with van der Waals surface area (Å²) in [5, 5.41) is 14.6. The first-order valence-corrected chi connectivity index (χ1v) is 9.97. The zero-order valence-corrected chi connectivity index (χ0v) is 17.0. The first-order valence-electron chi connectivity index (χ1n) is 9.97. The van der Waals surface area contributed by atoms with E-state index in [0.717, 1.165) is 11.1 Å².